The van der Waals surface area contributed by atoms with E-state index in [4.69, 9.17) is 0 Å². The number of aromatic nitrogens is 2. The molecule has 0 aliphatic carbocycles. The number of para-hydroxylation sites is 2. The van der Waals surface area contributed by atoms with Crippen LogP contribution in [0, 0.1) is 0 Å². The topological polar surface area (TPSA) is 46.9 Å². The van der Waals surface area contributed by atoms with Crippen LogP contribution in [0.2, 0.25) is 0 Å². The van der Waals surface area contributed by atoms with Crippen molar-refractivity contribution < 1.29 is 18.0 Å². The molecule has 2 aromatic carbocycles. The minimum absolute atomic E-state index is 0.0100. The van der Waals surface area contributed by atoms with Gasteiger partial charge in [0.05, 0.1) is 11.0 Å². The van der Waals surface area contributed by atoms with Gasteiger partial charge in [-0.25, -0.2) is 14.3 Å². The van der Waals surface area contributed by atoms with Crippen LogP contribution in [0.3, 0.4) is 0 Å². The van der Waals surface area contributed by atoms with Gasteiger partial charge in [-0.05, 0) is 17.7 Å². The number of amides is 1. The lowest BCUT2D eigenvalue weighted by atomic mass is 9.84. The van der Waals surface area contributed by atoms with Crippen molar-refractivity contribution in [3.63, 3.8) is 0 Å². The van der Waals surface area contributed by atoms with Crippen LogP contribution in [0.4, 0.5) is 18.0 Å². The number of hydrogen-bond acceptors (Lipinski definition) is 2. The first-order chi connectivity index (χ1) is 11.4. The van der Waals surface area contributed by atoms with E-state index in [1.165, 1.54) is 28.8 Å². The lowest BCUT2D eigenvalue weighted by Crippen LogP contribution is -2.61. The molecule has 1 aliphatic rings. The van der Waals surface area contributed by atoms with E-state index < -0.39 is 24.2 Å². The molecule has 3 aromatic rings. The number of carbonyl (C=O) groups excluding carboxylic acids is 1. The summed E-state index contributed by atoms with van der Waals surface area (Å²) >= 11 is 0. The molecule has 7 heteroatoms. The van der Waals surface area contributed by atoms with Crippen LogP contribution in [0.15, 0.2) is 54.6 Å². The molecule has 0 fully saturated rings. The molecule has 1 aliphatic heterocycles. The van der Waals surface area contributed by atoms with Crippen molar-refractivity contribution in [2.75, 3.05) is 0 Å². The number of fused-ring (bicyclic) bond motifs is 3. The number of rotatable bonds is 1. The number of nitrogens with zero attached hydrogens (tertiary/aromatic N) is 2. The first-order valence-electron chi connectivity index (χ1n) is 7.33. The summed E-state index contributed by atoms with van der Waals surface area (Å²) in [7, 11) is 0. The second-order valence-corrected chi connectivity index (χ2v) is 5.73. The summed E-state index contributed by atoms with van der Waals surface area (Å²) in [5.41, 5.74) is -1.51. The number of nitrogens with one attached hydrogen (secondary N) is 1. The summed E-state index contributed by atoms with van der Waals surface area (Å²) in [5, 5.41) is 2.18. The molecule has 1 N–H and O–H groups in total. The standard InChI is InChI=1S/C17H12F3N3O/c18-17(19,20)16(11-6-2-1-3-7-11)10-14-21-12-8-4-5-9-13(12)23(14)15(24)22-16/h1-9H,10H2,(H,22,24). The van der Waals surface area contributed by atoms with Crippen molar-refractivity contribution >= 4 is 17.1 Å². The largest absolute Gasteiger partial charge is 0.416 e. The maximum Gasteiger partial charge on any atom is 0.416 e. The predicted octanol–water partition coefficient (Wildman–Crippen LogP) is 3.61. The molecule has 1 atom stereocenters. The van der Waals surface area contributed by atoms with Gasteiger partial charge in [0, 0.05) is 6.42 Å². The fourth-order valence-corrected chi connectivity index (χ4v) is 3.17. The average Bonchev–Trinajstić information content (AvgIpc) is 2.93. The lowest BCUT2D eigenvalue weighted by molar-refractivity contribution is -0.199. The molecule has 122 valence electrons. The zero-order valence-corrected chi connectivity index (χ0v) is 12.3. The van der Waals surface area contributed by atoms with Gasteiger partial charge in [0.25, 0.3) is 0 Å². The molecule has 0 bridgehead atoms. The number of imidazole rings is 1. The Morgan fingerprint density at radius 1 is 1.04 bits per heavy atom. The van der Waals surface area contributed by atoms with E-state index >= 15 is 0 Å². The summed E-state index contributed by atoms with van der Waals surface area (Å²) in [4.78, 5) is 16.7. The number of carbonyl (C=O) groups is 1. The van der Waals surface area contributed by atoms with Crippen molar-refractivity contribution in [2.45, 2.75) is 18.1 Å². The Kier molecular flexibility index (Phi) is 2.97. The molecule has 1 amide bonds. The van der Waals surface area contributed by atoms with E-state index in [0.717, 1.165) is 0 Å². The zero-order chi connectivity index (χ0) is 16.9. The third kappa shape index (κ3) is 1.94. The Hall–Kier alpha value is -2.83. The summed E-state index contributed by atoms with van der Waals surface area (Å²) in [6.45, 7) is 0. The SMILES string of the molecule is O=C1NC(c2ccccc2)(C(F)(F)F)Cc2nc3ccccc3n21. The van der Waals surface area contributed by atoms with Gasteiger partial charge in [-0.3, -0.25) is 0 Å². The fraction of sp³-hybridized carbons (Fsp3) is 0.176. The second kappa shape index (κ2) is 4.83. The first-order valence-corrected chi connectivity index (χ1v) is 7.33. The molecule has 0 saturated heterocycles. The van der Waals surface area contributed by atoms with Crippen molar-refractivity contribution in [1.82, 2.24) is 14.9 Å². The lowest BCUT2D eigenvalue weighted by Gasteiger charge is -2.39. The number of hydrogen-bond donors (Lipinski definition) is 1. The molecule has 4 nitrogen and oxygen atoms in total. The van der Waals surface area contributed by atoms with Crippen molar-refractivity contribution in [3.05, 3.63) is 66.0 Å². The van der Waals surface area contributed by atoms with Crippen LogP contribution < -0.4 is 5.32 Å². The average molecular weight is 331 g/mol. The summed E-state index contributed by atoms with van der Waals surface area (Å²) in [6, 6.07) is 13.4. The Morgan fingerprint density at radius 2 is 1.71 bits per heavy atom. The second-order valence-electron chi connectivity index (χ2n) is 5.73. The number of alkyl halides is 3. The first kappa shape index (κ1) is 14.7. The minimum Gasteiger partial charge on any atom is -0.319 e. The molecule has 4 rings (SSSR count). The smallest absolute Gasteiger partial charge is 0.319 e. The van der Waals surface area contributed by atoms with Crippen molar-refractivity contribution in [2.24, 2.45) is 0 Å². The van der Waals surface area contributed by atoms with E-state index in [-0.39, 0.29) is 11.4 Å². The van der Waals surface area contributed by atoms with Crippen LogP contribution in [0.5, 0.6) is 0 Å². The van der Waals surface area contributed by atoms with E-state index in [9.17, 15) is 18.0 Å². The summed E-state index contributed by atoms with van der Waals surface area (Å²) in [5.74, 6) is 0.0983. The molecule has 0 radical (unpaired) electrons. The Morgan fingerprint density at radius 3 is 2.42 bits per heavy atom. The molecular weight excluding hydrogens is 319 g/mol. The molecule has 1 aromatic heterocycles. The van der Waals surface area contributed by atoms with Gasteiger partial charge >= 0.3 is 12.2 Å². The monoisotopic (exact) mass is 331 g/mol. The Bertz CT molecular complexity index is 933. The maximum absolute atomic E-state index is 14.0. The van der Waals surface area contributed by atoms with Crippen LogP contribution >= 0.6 is 0 Å². The molecule has 0 spiro atoms. The van der Waals surface area contributed by atoms with Gasteiger partial charge in [0.15, 0.2) is 5.54 Å². The molecule has 2 heterocycles. The summed E-state index contributed by atoms with van der Waals surface area (Å²) < 4.78 is 43.1. The highest BCUT2D eigenvalue weighted by molar-refractivity contribution is 5.91. The van der Waals surface area contributed by atoms with Gasteiger partial charge in [0.1, 0.15) is 5.82 Å². The van der Waals surface area contributed by atoms with Gasteiger partial charge in [-0.15, -0.1) is 0 Å². The van der Waals surface area contributed by atoms with E-state index in [0.29, 0.717) is 11.0 Å². The molecule has 1 unspecified atom stereocenters. The molecule has 0 saturated carbocycles. The minimum atomic E-state index is -4.66. The van der Waals surface area contributed by atoms with Gasteiger partial charge in [0.2, 0.25) is 0 Å². The quantitative estimate of drug-likeness (QED) is 0.740. The van der Waals surface area contributed by atoms with E-state index in [1.807, 2.05) is 0 Å². The predicted molar refractivity (Wildman–Crippen MR) is 81.5 cm³/mol. The Labute approximate surface area is 134 Å². The zero-order valence-electron chi connectivity index (χ0n) is 12.3. The van der Waals surface area contributed by atoms with Crippen LogP contribution in [-0.2, 0) is 12.0 Å². The van der Waals surface area contributed by atoms with E-state index in [2.05, 4.69) is 10.3 Å². The summed E-state index contributed by atoms with van der Waals surface area (Å²) in [6.07, 6.45) is -5.12. The van der Waals surface area contributed by atoms with Crippen LogP contribution in [0.25, 0.3) is 11.0 Å². The highest BCUT2D eigenvalue weighted by Gasteiger charge is 2.59. The highest BCUT2D eigenvalue weighted by atomic mass is 19.4. The Balaban J connectivity index is 1.95. The molecule has 24 heavy (non-hydrogen) atoms. The number of halogens is 3. The highest BCUT2D eigenvalue weighted by Crippen LogP contribution is 2.43. The normalized spacial score (nSPS) is 20.7. The molecular formula is C17H12F3N3O. The third-order valence-electron chi connectivity index (χ3n) is 4.33. The van der Waals surface area contributed by atoms with E-state index in [1.54, 1.807) is 30.3 Å². The fourth-order valence-electron chi connectivity index (χ4n) is 3.17. The van der Waals surface area contributed by atoms with Crippen LogP contribution in [0.1, 0.15) is 11.4 Å². The van der Waals surface area contributed by atoms with Crippen molar-refractivity contribution in [1.29, 1.82) is 0 Å². The maximum atomic E-state index is 14.0. The third-order valence-corrected chi connectivity index (χ3v) is 4.33. The van der Waals surface area contributed by atoms with Crippen molar-refractivity contribution in [3.8, 4) is 0 Å². The van der Waals surface area contributed by atoms with Gasteiger partial charge in [-0.1, -0.05) is 42.5 Å². The number of benzene rings is 2. The van der Waals surface area contributed by atoms with Gasteiger partial charge < -0.3 is 5.32 Å². The van der Waals surface area contributed by atoms with Gasteiger partial charge in [-0.2, -0.15) is 13.2 Å². The van der Waals surface area contributed by atoms with Crippen LogP contribution in [-0.4, -0.2) is 21.8 Å².